The average Bonchev–Trinajstić information content (AvgIpc) is 2.85. The van der Waals surface area contributed by atoms with Crippen LogP contribution in [0, 0.1) is 10.1 Å². The molecule has 35 heavy (non-hydrogen) atoms. The first-order chi connectivity index (χ1) is 16.7. The summed E-state index contributed by atoms with van der Waals surface area (Å²) in [5.41, 5.74) is 0.425. The fourth-order valence-electron chi connectivity index (χ4n) is 3.21. The van der Waals surface area contributed by atoms with Crippen LogP contribution in [0.25, 0.3) is 10.8 Å². The van der Waals surface area contributed by atoms with Crippen LogP contribution in [0.1, 0.15) is 15.9 Å². The second-order valence-electron chi connectivity index (χ2n) is 7.56. The van der Waals surface area contributed by atoms with E-state index in [4.69, 9.17) is 21.1 Å². The summed E-state index contributed by atoms with van der Waals surface area (Å²) in [5, 5.41) is 15.1. The number of halogens is 1. The Balaban J connectivity index is 1.47. The van der Waals surface area contributed by atoms with Crippen molar-refractivity contribution in [1.29, 1.82) is 0 Å². The maximum Gasteiger partial charge on any atom is 0.325 e. The highest BCUT2D eigenvalue weighted by Gasteiger charge is 2.18. The van der Waals surface area contributed by atoms with Crippen LogP contribution in [0.3, 0.4) is 0 Å². The lowest BCUT2D eigenvalue weighted by atomic mass is 10.1. The maximum atomic E-state index is 12.4. The van der Waals surface area contributed by atoms with Crippen molar-refractivity contribution in [1.82, 2.24) is 10.2 Å². The number of nitro benzene ring substituents is 1. The lowest BCUT2D eigenvalue weighted by Gasteiger charge is -2.17. The Labute approximate surface area is 205 Å². The van der Waals surface area contributed by atoms with Gasteiger partial charge in [0.1, 0.15) is 17.3 Å². The molecule has 0 heterocycles. The number of methoxy groups -OCH3 is 1. The molecule has 10 nitrogen and oxygen atoms in total. The zero-order valence-corrected chi connectivity index (χ0v) is 19.7. The number of hydrogen-bond donors (Lipinski definition) is 1. The number of hydrogen-bond acceptors (Lipinski definition) is 7. The topological polar surface area (TPSA) is 128 Å². The molecule has 0 bridgehead atoms. The van der Waals surface area contributed by atoms with Crippen molar-refractivity contribution in [2.45, 2.75) is 6.54 Å². The second kappa shape index (κ2) is 11.3. The summed E-state index contributed by atoms with van der Waals surface area (Å²) in [6.45, 7) is -0.701. The van der Waals surface area contributed by atoms with Gasteiger partial charge in [0.15, 0.2) is 6.61 Å². The van der Waals surface area contributed by atoms with Crippen LogP contribution < -0.4 is 10.1 Å². The Morgan fingerprint density at radius 2 is 1.77 bits per heavy atom. The summed E-state index contributed by atoms with van der Waals surface area (Å²) in [6, 6.07) is 15.0. The number of likely N-dealkylation sites (N-methyl/N-ethyl adjacent to an activating group) is 1. The van der Waals surface area contributed by atoms with E-state index in [9.17, 15) is 24.5 Å². The number of carbonyl (C=O) groups is 3. The summed E-state index contributed by atoms with van der Waals surface area (Å²) in [7, 11) is 3.19. The third kappa shape index (κ3) is 6.67. The van der Waals surface area contributed by atoms with Crippen LogP contribution >= 0.6 is 11.6 Å². The summed E-state index contributed by atoms with van der Waals surface area (Å²) in [4.78, 5) is 48.1. The molecule has 0 unspecified atom stereocenters. The number of amides is 2. The van der Waals surface area contributed by atoms with E-state index in [2.05, 4.69) is 5.32 Å². The molecule has 0 aliphatic carbocycles. The molecule has 182 valence electrons. The number of ether oxygens (including phenoxy) is 2. The first-order valence-electron chi connectivity index (χ1n) is 10.4. The van der Waals surface area contributed by atoms with Gasteiger partial charge in [0.2, 0.25) is 0 Å². The Morgan fingerprint density at radius 3 is 2.49 bits per heavy atom. The second-order valence-corrected chi connectivity index (χ2v) is 7.97. The van der Waals surface area contributed by atoms with Gasteiger partial charge in [-0.05, 0) is 46.7 Å². The number of nitro groups is 1. The van der Waals surface area contributed by atoms with Gasteiger partial charge in [-0.3, -0.25) is 24.5 Å². The zero-order valence-electron chi connectivity index (χ0n) is 18.9. The van der Waals surface area contributed by atoms with E-state index in [0.29, 0.717) is 6.54 Å². The third-order valence-corrected chi connectivity index (χ3v) is 5.43. The summed E-state index contributed by atoms with van der Waals surface area (Å²) >= 11 is 5.72. The molecule has 0 saturated carbocycles. The van der Waals surface area contributed by atoms with E-state index in [1.165, 1.54) is 17.0 Å². The van der Waals surface area contributed by atoms with E-state index in [0.717, 1.165) is 28.2 Å². The standard InChI is InChI=1S/C24H22ClN3O7/c1-27(13-15-3-4-17-10-19(34-2)7-5-16(17)9-15)22(29)14-35-23(30)12-26-24(31)18-6-8-20(25)21(11-18)28(32)33/h3-11H,12-14H2,1-2H3,(H,26,31). The first-order valence-corrected chi connectivity index (χ1v) is 10.7. The summed E-state index contributed by atoms with van der Waals surface area (Å²) in [5.74, 6) is -1.22. The molecule has 3 rings (SSSR count). The Kier molecular flexibility index (Phi) is 8.21. The van der Waals surface area contributed by atoms with Crippen molar-refractivity contribution >= 4 is 45.8 Å². The van der Waals surface area contributed by atoms with E-state index >= 15 is 0 Å². The lowest BCUT2D eigenvalue weighted by molar-refractivity contribution is -0.384. The van der Waals surface area contributed by atoms with Crippen LogP contribution in [0.5, 0.6) is 5.75 Å². The first kappa shape index (κ1) is 25.4. The van der Waals surface area contributed by atoms with Gasteiger partial charge < -0.3 is 19.7 Å². The minimum absolute atomic E-state index is 0.0430. The smallest absolute Gasteiger partial charge is 0.325 e. The van der Waals surface area contributed by atoms with Crippen LogP contribution in [0.4, 0.5) is 5.69 Å². The van der Waals surface area contributed by atoms with Gasteiger partial charge in [0.05, 0.1) is 12.0 Å². The monoisotopic (exact) mass is 499 g/mol. The fourth-order valence-corrected chi connectivity index (χ4v) is 3.40. The molecule has 0 fully saturated rings. The molecule has 0 radical (unpaired) electrons. The van der Waals surface area contributed by atoms with E-state index < -0.39 is 41.5 Å². The SMILES string of the molecule is COc1ccc2cc(CN(C)C(=O)COC(=O)CNC(=O)c3ccc(Cl)c([N+](=O)[O-])c3)ccc2c1. The van der Waals surface area contributed by atoms with Crippen molar-refractivity contribution < 1.29 is 28.8 Å². The number of fused-ring (bicyclic) bond motifs is 1. The van der Waals surface area contributed by atoms with Gasteiger partial charge in [0, 0.05) is 25.2 Å². The molecule has 3 aromatic rings. The van der Waals surface area contributed by atoms with Crippen molar-refractivity contribution in [2.75, 3.05) is 27.3 Å². The molecule has 0 aliphatic heterocycles. The van der Waals surface area contributed by atoms with Crippen molar-refractivity contribution in [3.63, 3.8) is 0 Å². The quantitative estimate of drug-likeness (QED) is 0.271. The molecule has 1 N–H and O–H groups in total. The predicted molar refractivity (Wildman–Crippen MR) is 128 cm³/mol. The Bertz CT molecular complexity index is 1300. The van der Waals surface area contributed by atoms with Gasteiger partial charge in [-0.15, -0.1) is 0 Å². The van der Waals surface area contributed by atoms with Gasteiger partial charge in [0.25, 0.3) is 17.5 Å². The molecule has 2 amide bonds. The van der Waals surface area contributed by atoms with Crippen molar-refractivity contribution in [2.24, 2.45) is 0 Å². The highest BCUT2D eigenvalue weighted by atomic mass is 35.5. The van der Waals surface area contributed by atoms with Gasteiger partial charge in [-0.2, -0.15) is 0 Å². The molecule has 0 aliphatic rings. The lowest BCUT2D eigenvalue weighted by Crippen LogP contribution is -2.34. The van der Waals surface area contributed by atoms with Crippen molar-refractivity contribution in [3.8, 4) is 5.75 Å². The van der Waals surface area contributed by atoms with E-state index in [1.54, 1.807) is 14.2 Å². The van der Waals surface area contributed by atoms with Crippen LogP contribution in [-0.2, 0) is 20.9 Å². The van der Waals surface area contributed by atoms with E-state index in [1.807, 2.05) is 36.4 Å². The molecular weight excluding hydrogens is 478 g/mol. The maximum absolute atomic E-state index is 12.4. The van der Waals surface area contributed by atoms with Gasteiger partial charge in [-0.25, -0.2) is 0 Å². The Hall–Kier alpha value is -4.18. The molecule has 0 spiro atoms. The number of nitrogens with one attached hydrogen (secondary N) is 1. The molecule has 11 heteroatoms. The highest BCUT2D eigenvalue weighted by Crippen LogP contribution is 2.25. The van der Waals surface area contributed by atoms with Gasteiger partial charge >= 0.3 is 5.97 Å². The van der Waals surface area contributed by atoms with Crippen LogP contribution in [0.15, 0.2) is 54.6 Å². The van der Waals surface area contributed by atoms with Crippen molar-refractivity contribution in [3.05, 3.63) is 80.9 Å². The highest BCUT2D eigenvalue weighted by molar-refractivity contribution is 6.32. The number of rotatable bonds is 9. The molecule has 0 saturated heterocycles. The van der Waals surface area contributed by atoms with Crippen LogP contribution in [0.2, 0.25) is 5.02 Å². The largest absolute Gasteiger partial charge is 0.497 e. The minimum Gasteiger partial charge on any atom is -0.497 e. The molecule has 0 aromatic heterocycles. The predicted octanol–water partition coefficient (Wildman–Crippen LogP) is 3.34. The number of esters is 1. The van der Waals surface area contributed by atoms with E-state index in [-0.39, 0.29) is 10.6 Å². The zero-order chi connectivity index (χ0) is 25.5. The summed E-state index contributed by atoms with van der Waals surface area (Å²) in [6.07, 6.45) is 0. The molecule has 0 atom stereocenters. The normalized spacial score (nSPS) is 10.5. The number of benzene rings is 3. The molecular formula is C24H22ClN3O7. The third-order valence-electron chi connectivity index (χ3n) is 5.11. The van der Waals surface area contributed by atoms with Crippen LogP contribution in [-0.4, -0.2) is 54.9 Å². The average molecular weight is 500 g/mol. The molecule has 3 aromatic carbocycles. The number of nitrogens with zero attached hydrogens (tertiary/aromatic N) is 2. The Morgan fingerprint density at radius 1 is 1.06 bits per heavy atom. The summed E-state index contributed by atoms with van der Waals surface area (Å²) < 4.78 is 10.2. The van der Waals surface area contributed by atoms with Gasteiger partial charge in [-0.1, -0.05) is 29.8 Å². The number of carbonyl (C=O) groups excluding carboxylic acids is 3. The minimum atomic E-state index is -0.830. The fraction of sp³-hybridized carbons (Fsp3) is 0.208.